The van der Waals surface area contributed by atoms with Gasteiger partial charge in [-0.2, -0.15) is 15.1 Å². The highest BCUT2D eigenvalue weighted by Crippen LogP contribution is 2.27. The maximum absolute atomic E-state index is 12.4. The Labute approximate surface area is 226 Å². The van der Waals surface area contributed by atoms with Crippen molar-refractivity contribution >= 4 is 29.0 Å². The number of rotatable bonds is 6. The molecule has 0 aliphatic carbocycles. The minimum absolute atomic E-state index is 0.00399. The number of H-pyrrole nitrogens is 1. The number of nitrogens with one attached hydrogen (secondary N) is 3. The molecule has 0 radical (unpaired) electrons. The SMILES string of the molecule is CCn1c(O)c(C)c(C)c(N=Nc2cc(C)ccc2C)c1=O.CNc1nc(Nc2ccc(C)cc2)[nH]c(=O)n1. The van der Waals surface area contributed by atoms with Crippen molar-refractivity contribution in [3.63, 3.8) is 0 Å². The topological polar surface area (TPSA) is 150 Å². The lowest BCUT2D eigenvalue weighted by Gasteiger charge is -2.12. The Bertz CT molecular complexity index is 1610. The highest BCUT2D eigenvalue weighted by Gasteiger charge is 2.15. The van der Waals surface area contributed by atoms with Crippen molar-refractivity contribution in [3.8, 4) is 5.88 Å². The number of benzene rings is 2. The molecule has 0 amide bonds. The number of aromatic hydroxyl groups is 1. The molecule has 0 unspecified atom stereocenters. The first-order valence-electron chi connectivity index (χ1n) is 12.5. The van der Waals surface area contributed by atoms with E-state index in [1.165, 1.54) is 10.1 Å². The van der Waals surface area contributed by atoms with Crippen LogP contribution in [0.2, 0.25) is 0 Å². The van der Waals surface area contributed by atoms with Gasteiger partial charge in [0, 0.05) is 24.8 Å². The minimum atomic E-state index is -0.445. The fourth-order valence-corrected chi connectivity index (χ4v) is 3.60. The third-order valence-corrected chi connectivity index (χ3v) is 6.08. The molecule has 4 aromatic rings. The molecule has 0 spiro atoms. The third kappa shape index (κ3) is 7.16. The predicted octanol–water partition coefficient (Wildman–Crippen LogP) is 5.48. The first kappa shape index (κ1) is 28.8. The number of anilines is 3. The summed E-state index contributed by atoms with van der Waals surface area (Å²) < 4.78 is 1.31. The molecule has 204 valence electrons. The van der Waals surface area contributed by atoms with Crippen LogP contribution in [-0.4, -0.2) is 31.7 Å². The van der Waals surface area contributed by atoms with Gasteiger partial charge in [-0.15, -0.1) is 5.11 Å². The Morgan fingerprint density at radius 1 is 0.923 bits per heavy atom. The number of aryl methyl sites for hydroxylation is 3. The first-order valence-corrected chi connectivity index (χ1v) is 12.5. The van der Waals surface area contributed by atoms with Gasteiger partial charge in [0.1, 0.15) is 0 Å². The summed E-state index contributed by atoms with van der Waals surface area (Å²) in [6, 6.07) is 13.7. The monoisotopic (exact) mass is 530 g/mol. The van der Waals surface area contributed by atoms with Crippen LogP contribution >= 0.6 is 0 Å². The summed E-state index contributed by atoms with van der Waals surface area (Å²) in [6.07, 6.45) is 0. The zero-order chi connectivity index (χ0) is 28.7. The zero-order valence-corrected chi connectivity index (χ0v) is 23.2. The summed E-state index contributed by atoms with van der Waals surface area (Å²) >= 11 is 0. The quantitative estimate of drug-likeness (QED) is 0.241. The van der Waals surface area contributed by atoms with Crippen LogP contribution in [0.3, 0.4) is 0 Å². The van der Waals surface area contributed by atoms with Gasteiger partial charge in [-0.25, -0.2) is 4.79 Å². The second-order valence-corrected chi connectivity index (χ2v) is 9.03. The fraction of sp³-hybridized carbons (Fsp3) is 0.286. The van der Waals surface area contributed by atoms with Crippen molar-refractivity contribution in [1.29, 1.82) is 0 Å². The molecule has 4 rings (SSSR count). The van der Waals surface area contributed by atoms with E-state index >= 15 is 0 Å². The number of aromatic amines is 1. The van der Waals surface area contributed by atoms with Crippen molar-refractivity contribution < 1.29 is 5.11 Å². The van der Waals surface area contributed by atoms with E-state index in [4.69, 9.17) is 0 Å². The Balaban J connectivity index is 0.000000223. The molecule has 11 nitrogen and oxygen atoms in total. The number of azo groups is 1. The molecular weight excluding hydrogens is 496 g/mol. The summed E-state index contributed by atoms with van der Waals surface area (Å²) in [5.74, 6) is 0.636. The number of aromatic nitrogens is 4. The predicted molar refractivity (Wildman–Crippen MR) is 154 cm³/mol. The molecule has 0 fully saturated rings. The van der Waals surface area contributed by atoms with Gasteiger partial charge in [-0.1, -0.05) is 29.8 Å². The van der Waals surface area contributed by atoms with Gasteiger partial charge < -0.3 is 15.7 Å². The van der Waals surface area contributed by atoms with Crippen molar-refractivity contribution in [1.82, 2.24) is 19.5 Å². The van der Waals surface area contributed by atoms with Gasteiger partial charge in [0.2, 0.25) is 11.9 Å². The van der Waals surface area contributed by atoms with Crippen LogP contribution in [0.15, 0.2) is 62.3 Å². The average Bonchev–Trinajstić information content (AvgIpc) is 2.91. The summed E-state index contributed by atoms with van der Waals surface area (Å²) in [5, 5.41) is 24.2. The molecule has 0 saturated heterocycles. The van der Waals surface area contributed by atoms with Gasteiger partial charge in [0.25, 0.3) is 5.56 Å². The number of nitrogens with zero attached hydrogens (tertiary/aromatic N) is 5. The molecule has 0 aliphatic heterocycles. The largest absolute Gasteiger partial charge is 0.494 e. The third-order valence-electron chi connectivity index (χ3n) is 6.08. The molecule has 0 atom stereocenters. The molecular formula is C28H34N8O3. The molecule has 2 heterocycles. The van der Waals surface area contributed by atoms with Gasteiger partial charge in [-0.3, -0.25) is 14.3 Å². The minimum Gasteiger partial charge on any atom is -0.494 e. The van der Waals surface area contributed by atoms with Crippen LogP contribution in [0.25, 0.3) is 0 Å². The molecule has 11 heteroatoms. The summed E-state index contributed by atoms with van der Waals surface area (Å²) in [5.41, 5.74) is 5.66. The smallest absolute Gasteiger partial charge is 0.351 e. The lowest BCUT2D eigenvalue weighted by atomic mass is 10.1. The second kappa shape index (κ2) is 12.6. The fourth-order valence-electron chi connectivity index (χ4n) is 3.60. The van der Waals surface area contributed by atoms with E-state index in [0.29, 0.717) is 23.6 Å². The Hall–Kier alpha value is -4.80. The van der Waals surface area contributed by atoms with E-state index in [0.717, 1.165) is 22.5 Å². The van der Waals surface area contributed by atoms with Crippen LogP contribution in [0.5, 0.6) is 5.88 Å². The van der Waals surface area contributed by atoms with E-state index in [9.17, 15) is 14.7 Å². The number of pyridine rings is 1. The summed E-state index contributed by atoms with van der Waals surface area (Å²) in [7, 11) is 1.66. The van der Waals surface area contributed by atoms with Crippen molar-refractivity contribution in [2.75, 3.05) is 17.7 Å². The van der Waals surface area contributed by atoms with Gasteiger partial charge >= 0.3 is 5.69 Å². The van der Waals surface area contributed by atoms with E-state index in [1.54, 1.807) is 20.9 Å². The van der Waals surface area contributed by atoms with E-state index < -0.39 is 5.69 Å². The van der Waals surface area contributed by atoms with Crippen LogP contribution in [0, 0.1) is 34.6 Å². The van der Waals surface area contributed by atoms with Gasteiger partial charge in [-0.05, 0) is 76.4 Å². The Kier molecular flexibility index (Phi) is 9.32. The van der Waals surface area contributed by atoms with E-state index in [-0.39, 0.29) is 23.1 Å². The number of hydrogen-bond acceptors (Lipinski definition) is 9. The molecule has 0 saturated carbocycles. The van der Waals surface area contributed by atoms with Crippen LogP contribution < -0.4 is 21.9 Å². The normalized spacial score (nSPS) is 10.7. The molecule has 4 N–H and O–H groups in total. The molecule has 2 aromatic heterocycles. The first-order chi connectivity index (χ1) is 18.5. The van der Waals surface area contributed by atoms with Crippen molar-refractivity contribution in [2.24, 2.45) is 10.2 Å². The van der Waals surface area contributed by atoms with E-state index in [1.807, 2.05) is 70.2 Å². The second-order valence-electron chi connectivity index (χ2n) is 9.03. The van der Waals surface area contributed by atoms with Gasteiger partial charge in [0.05, 0.1) is 5.69 Å². The van der Waals surface area contributed by atoms with E-state index in [2.05, 4.69) is 35.8 Å². The molecule has 2 aromatic carbocycles. The average molecular weight is 531 g/mol. The zero-order valence-electron chi connectivity index (χ0n) is 23.2. The summed E-state index contributed by atoms with van der Waals surface area (Å²) in [6.45, 7) is 11.7. The Morgan fingerprint density at radius 3 is 2.23 bits per heavy atom. The highest BCUT2D eigenvalue weighted by atomic mass is 16.3. The molecule has 0 aliphatic rings. The van der Waals surface area contributed by atoms with Crippen molar-refractivity contribution in [3.05, 3.63) is 91.1 Å². The van der Waals surface area contributed by atoms with Crippen LogP contribution in [0.1, 0.15) is 34.7 Å². The van der Waals surface area contributed by atoms with Gasteiger partial charge in [0.15, 0.2) is 11.6 Å². The molecule has 39 heavy (non-hydrogen) atoms. The standard InChI is InChI=1S/C17H21N3O2.C11H13N5O/c1-6-20-16(21)13(5)12(4)15(17(20)22)19-18-14-9-10(2)7-8-11(14)3;1-7-3-5-8(6-4-7)13-10-14-9(12-2)15-11(17)16-10/h7-9,21H,6H2,1-5H3;3-6H,1-2H3,(H3,12,13,14,15,16,17). The Morgan fingerprint density at radius 2 is 1.59 bits per heavy atom. The maximum atomic E-state index is 12.4. The molecule has 0 bridgehead atoms. The highest BCUT2D eigenvalue weighted by molar-refractivity contribution is 5.54. The summed E-state index contributed by atoms with van der Waals surface area (Å²) in [4.78, 5) is 33.9. The number of hydrogen-bond donors (Lipinski definition) is 4. The van der Waals surface area contributed by atoms with Crippen LogP contribution in [-0.2, 0) is 6.54 Å². The maximum Gasteiger partial charge on any atom is 0.351 e. The van der Waals surface area contributed by atoms with Crippen LogP contribution in [0.4, 0.5) is 29.0 Å². The lowest BCUT2D eigenvalue weighted by Crippen LogP contribution is -2.20. The lowest BCUT2D eigenvalue weighted by molar-refractivity contribution is 0.406. The van der Waals surface area contributed by atoms with Crippen molar-refractivity contribution in [2.45, 2.75) is 48.1 Å².